The fourth-order valence-electron chi connectivity index (χ4n) is 3.48. The van der Waals surface area contributed by atoms with Crippen molar-refractivity contribution in [2.45, 2.75) is 24.7 Å². The molecule has 1 fully saturated rings. The molecule has 0 saturated carbocycles. The highest BCUT2D eigenvalue weighted by atomic mass is 32.2. The quantitative estimate of drug-likeness (QED) is 0.579. The van der Waals surface area contributed by atoms with Crippen LogP contribution in [0.2, 0.25) is 0 Å². The predicted molar refractivity (Wildman–Crippen MR) is 120 cm³/mol. The van der Waals surface area contributed by atoms with Gasteiger partial charge in [-0.3, -0.25) is 4.79 Å². The molecule has 0 unspecified atom stereocenters. The van der Waals surface area contributed by atoms with Gasteiger partial charge < -0.3 is 10.2 Å². The standard InChI is InChI=1S/C23H24N4OS/c1-2-29-21-11-4-3-10-19(21)23(28)24-18-9-7-8-17(16-18)20-12-13-22(26-25-20)27-14-5-6-15-27/h3-4,7-13,16H,2,5-6,14-15H2,1H3,(H,24,28). The molecule has 2 heterocycles. The van der Waals surface area contributed by atoms with Gasteiger partial charge >= 0.3 is 0 Å². The summed E-state index contributed by atoms with van der Waals surface area (Å²) in [5.74, 6) is 1.75. The van der Waals surface area contributed by atoms with Crippen molar-refractivity contribution >= 4 is 29.2 Å². The van der Waals surface area contributed by atoms with Gasteiger partial charge in [0.2, 0.25) is 0 Å². The molecule has 5 nitrogen and oxygen atoms in total. The van der Waals surface area contributed by atoms with Crippen LogP contribution in [0.25, 0.3) is 11.3 Å². The van der Waals surface area contributed by atoms with Crippen LogP contribution in [0.1, 0.15) is 30.1 Å². The molecule has 1 aromatic heterocycles. The van der Waals surface area contributed by atoms with Crippen molar-refractivity contribution in [3.05, 3.63) is 66.2 Å². The van der Waals surface area contributed by atoms with Crippen LogP contribution < -0.4 is 10.2 Å². The molecule has 0 bridgehead atoms. The third-order valence-corrected chi connectivity index (χ3v) is 5.88. The van der Waals surface area contributed by atoms with Gasteiger partial charge in [-0.25, -0.2) is 0 Å². The van der Waals surface area contributed by atoms with Gasteiger partial charge in [0.1, 0.15) is 0 Å². The normalized spacial score (nSPS) is 13.5. The number of hydrogen-bond acceptors (Lipinski definition) is 5. The molecule has 1 aliphatic heterocycles. The van der Waals surface area contributed by atoms with E-state index >= 15 is 0 Å². The molecule has 1 saturated heterocycles. The molecule has 6 heteroatoms. The fraction of sp³-hybridized carbons (Fsp3) is 0.261. The number of thioether (sulfide) groups is 1. The molecule has 1 N–H and O–H groups in total. The lowest BCUT2D eigenvalue weighted by molar-refractivity contribution is 0.102. The first-order chi connectivity index (χ1) is 14.2. The largest absolute Gasteiger partial charge is 0.355 e. The Kier molecular flexibility index (Phi) is 6.10. The Labute approximate surface area is 175 Å². The van der Waals surface area contributed by atoms with Crippen molar-refractivity contribution in [3.8, 4) is 11.3 Å². The van der Waals surface area contributed by atoms with Crippen LogP contribution in [-0.4, -0.2) is 34.9 Å². The number of anilines is 2. The first-order valence-electron chi connectivity index (χ1n) is 9.97. The van der Waals surface area contributed by atoms with Gasteiger partial charge in [-0.15, -0.1) is 22.0 Å². The second-order valence-electron chi connectivity index (χ2n) is 6.94. The summed E-state index contributed by atoms with van der Waals surface area (Å²) in [7, 11) is 0. The van der Waals surface area contributed by atoms with Gasteiger partial charge in [-0.2, -0.15) is 0 Å². The van der Waals surface area contributed by atoms with Crippen LogP contribution >= 0.6 is 11.8 Å². The van der Waals surface area contributed by atoms with Gasteiger partial charge in [0.15, 0.2) is 5.82 Å². The molecule has 0 atom stereocenters. The van der Waals surface area contributed by atoms with E-state index in [0.717, 1.165) is 46.5 Å². The van der Waals surface area contributed by atoms with Gasteiger partial charge in [-0.1, -0.05) is 31.2 Å². The summed E-state index contributed by atoms with van der Waals surface area (Å²) < 4.78 is 0. The van der Waals surface area contributed by atoms with Crippen LogP contribution in [0.15, 0.2) is 65.6 Å². The number of amides is 1. The van der Waals surface area contributed by atoms with Crippen LogP contribution in [0.5, 0.6) is 0 Å². The molecule has 1 amide bonds. The third-order valence-electron chi connectivity index (χ3n) is 4.93. The van der Waals surface area contributed by atoms with E-state index in [2.05, 4.69) is 27.3 Å². The highest BCUT2D eigenvalue weighted by Gasteiger charge is 2.15. The Morgan fingerprint density at radius 2 is 1.86 bits per heavy atom. The Balaban J connectivity index is 1.51. The topological polar surface area (TPSA) is 58.1 Å². The fourth-order valence-corrected chi connectivity index (χ4v) is 4.29. The molecule has 0 spiro atoms. The maximum Gasteiger partial charge on any atom is 0.256 e. The SMILES string of the molecule is CCSc1ccccc1C(=O)Nc1cccc(-c2ccc(N3CCCC3)nn2)c1. The number of nitrogens with zero attached hydrogens (tertiary/aromatic N) is 3. The molecule has 0 aliphatic carbocycles. The zero-order valence-corrected chi connectivity index (χ0v) is 17.3. The van der Waals surface area contributed by atoms with Crippen molar-refractivity contribution in [3.63, 3.8) is 0 Å². The predicted octanol–water partition coefficient (Wildman–Crippen LogP) is 5.11. The van der Waals surface area contributed by atoms with Crippen LogP contribution in [-0.2, 0) is 0 Å². The summed E-state index contributed by atoms with van der Waals surface area (Å²) in [5, 5.41) is 11.8. The minimum Gasteiger partial charge on any atom is -0.355 e. The minimum absolute atomic E-state index is 0.103. The number of benzene rings is 2. The van der Waals surface area contributed by atoms with E-state index in [1.54, 1.807) is 11.8 Å². The van der Waals surface area contributed by atoms with E-state index in [1.165, 1.54) is 12.8 Å². The smallest absolute Gasteiger partial charge is 0.256 e. The number of aromatic nitrogens is 2. The molecule has 4 rings (SSSR count). The maximum atomic E-state index is 12.8. The van der Waals surface area contributed by atoms with Gasteiger partial charge in [0.05, 0.1) is 11.3 Å². The lowest BCUT2D eigenvalue weighted by Gasteiger charge is -2.15. The van der Waals surface area contributed by atoms with Crippen molar-refractivity contribution in [2.24, 2.45) is 0 Å². The zero-order valence-electron chi connectivity index (χ0n) is 16.5. The Hall–Kier alpha value is -2.86. The molecule has 2 aromatic carbocycles. The highest BCUT2D eigenvalue weighted by Crippen LogP contribution is 2.26. The zero-order chi connectivity index (χ0) is 20.1. The van der Waals surface area contributed by atoms with E-state index in [-0.39, 0.29) is 5.91 Å². The lowest BCUT2D eigenvalue weighted by Crippen LogP contribution is -2.19. The Morgan fingerprint density at radius 1 is 1.03 bits per heavy atom. The van der Waals surface area contributed by atoms with Gasteiger partial charge in [0, 0.05) is 29.2 Å². The van der Waals surface area contributed by atoms with Crippen LogP contribution in [0, 0.1) is 0 Å². The number of carbonyl (C=O) groups is 1. The van der Waals surface area contributed by atoms with E-state index in [9.17, 15) is 4.79 Å². The Morgan fingerprint density at radius 3 is 2.62 bits per heavy atom. The van der Waals surface area contributed by atoms with E-state index in [0.29, 0.717) is 5.56 Å². The summed E-state index contributed by atoms with van der Waals surface area (Å²) in [6.07, 6.45) is 2.43. The molecule has 3 aromatic rings. The summed E-state index contributed by atoms with van der Waals surface area (Å²) in [4.78, 5) is 16.0. The molecular formula is C23H24N4OS. The molecule has 148 valence electrons. The van der Waals surface area contributed by atoms with Crippen molar-refractivity contribution in [2.75, 3.05) is 29.1 Å². The van der Waals surface area contributed by atoms with Crippen molar-refractivity contribution in [1.82, 2.24) is 10.2 Å². The van der Waals surface area contributed by atoms with Crippen molar-refractivity contribution in [1.29, 1.82) is 0 Å². The number of nitrogens with one attached hydrogen (secondary N) is 1. The van der Waals surface area contributed by atoms with E-state index in [1.807, 2.05) is 60.7 Å². The first kappa shape index (κ1) is 19.5. The minimum atomic E-state index is -0.103. The Bertz CT molecular complexity index is 984. The second kappa shape index (κ2) is 9.09. The molecule has 29 heavy (non-hydrogen) atoms. The first-order valence-corrected chi connectivity index (χ1v) is 11.0. The maximum absolute atomic E-state index is 12.8. The van der Waals surface area contributed by atoms with Crippen LogP contribution in [0.4, 0.5) is 11.5 Å². The summed E-state index contributed by atoms with van der Waals surface area (Å²) in [6.45, 7) is 4.18. The van der Waals surface area contributed by atoms with Crippen LogP contribution in [0.3, 0.4) is 0 Å². The van der Waals surface area contributed by atoms with E-state index < -0.39 is 0 Å². The van der Waals surface area contributed by atoms with E-state index in [4.69, 9.17) is 0 Å². The average Bonchev–Trinajstić information content (AvgIpc) is 3.30. The summed E-state index contributed by atoms with van der Waals surface area (Å²) in [5.41, 5.74) is 3.17. The van der Waals surface area contributed by atoms with Crippen molar-refractivity contribution < 1.29 is 4.79 Å². The number of hydrogen-bond donors (Lipinski definition) is 1. The monoisotopic (exact) mass is 404 g/mol. The third kappa shape index (κ3) is 4.59. The average molecular weight is 405 g/mol. The highest BCUT2D eigenvalue weighted by molar-refractivity contribution is 7.99. The molecular weight excluding hydrogens is 380 g/mol. The summed E-state index contributed by atoms with van der Waals surface area (Å²) >= 11 is 1.67. The summed E-state index contributed by atoms with van der Waals surface area (Å²) in [6, 6.07) is 19.4. The van der Waals surface area contributed by atoms with Gasteiger partial charge in [0.25, 0.3) is 5.91 Å². The number of rotatable bonds is 6. The molecule has 1 aliphatic rings. The lowest BCUT2D eigenvalue weighted by atomic mass is 10.1. The molecule has 0 radical (unpaired) electrons. The van der Waals surface area contributed by atoms with Gasteiger partial charge in [-0.05, 0) is 55.0 Å². The second-order valence-corrected chi connectivity index (χ2v) is 8.24. The number of carbonyl (C=O) groups excluding carboxylic acids is 1.